The van der Waals surface area contributed by atoms with Gasteiger partial charge < -0.3 is 9.47 Å². The van der Waals surface area contributed by atoms with E-state index < -0.39 is 0 Å². The van der Waals surface area contributed by atoms with Crippen molar-refractivity contribution < 1.29 is 4.79 Å². The van der Waals surface area contributed by atoms with Crippen LogP contribution >= 0.6 is 11.8 Å². The van der Waals surface area contributed by atoms with Crippen LogP contribution in [0, 0.1) is 0 Å². The summed E-state index contributed by atoms with van der Waals surface area (Å²) in [6.07, 6.45) is 2.98. The first-order chi connectivity index (χ1) is 12.2. The molecule has 0 N–H and O–H groups in total. The number of hydrogen-bond acceptors (Lipinski definition) is 3. The van der Waals surface area contributed by atoms with Gasteiger partial charge in [-0.15, -0.1) is 0 Å². The van der Waals surface area contributed by atoms with E-state index in [0.29, 0.717) is 6.54 Å². The largest absolute Gasteiger partial charge is 0.318 e. The Labute approximate surface area is 151 Å². The Balaban J connectivity index is 1.70. The van der Waals surface area contributed by atoms with Crippen LogP contribution in [0.25, 0.3) is 11.0 Å². The van der Waals surface area contributed by atoms with Gasteiger partial charge in [0.25, 0.3) is 0 Å². The average molecular weight is 351 g/mol. The number of carbonyl (C=O) groups is 1. The first-order valence-electron chi connectivity index (χ1n) is 8.52. The number of carbonyl (C=O) groups excluding carboxylic acids is 1. The molecule has 0 bridgehead atoms. The van der Waals surface area contributed by atoms with Crippen LogP contribution in [0.3, 0.4) is 0 Å². The van der Waals surface area contributed by atoms with Gasteiger partial charge in [-0.1, -0.05) is 30.3 Å². The van der Waals surface area contributed by atoms with Crippen molar-refractivity contribution in [1.82, 2.24) is 9.55 Å². The predicted octanol–water partition coefficient (Wildman–Crippen LogP) is 3.88. The van der Waals surface area contributed by atoms with E-state index in [1.165, 1.54) is 5.56 Å². The Morgan fingerprint density at radius 1 is 1.20 bits per heavy atom. The van der Waals surface area contributed by atoms with Crippen LogP contribution in [0.5, 0.6) is 0 Å². The van der Waals surface area contributed by atoms with Crippen molar-refractivity contribution in [3.8, 4) is 0 Å². The van der Waals surface area contributed by atoms with Crippen LogP contribution in [-0.4, -0.2) is 27.8 Å². The molecule has 0 fully saturated rings. The summed E-state index contributed by atoms with van der Waals surface area (Å²) in [6, 6.07) is 16.4. The van der Waals surface area contributed by atoms with Crippen LogP contribution in [0.2, 0.25) is 0 Å². The molecule has 2 aromatic carbocycles. The minimum absolute atomic E-state index is 0.128. The number of hydrogen-bond donors (Lipinski definition) is 0. The number of nitrogens with zero attached hydrogens (tertiary/aromatic N) is 3. The standard InChI is InChI=1S/C20H21N3OS/c1-14-11-15-7-3-5-9-17(15)23(14)20(24)12-22-18-10-6-4-8-16(18)21-19(22)13-25-2/h3-10,14H,11-13H2,1-2H3. The number of aromatic nitrogens is 2. The molecule has 4 rings (SSSR count). The van der Waals surface area contributed by atoms with E-state index in [1.54, 1.807) is 11.8 Å². The van der Waals surface area contributed by atoms with Gasteiger partial charge in [-0.05, 0) is 43.4 Å². The van der Waals surface area contributed by atoms with Gasteiger partial charge in [0.05, 0.1) is 16.8 Å². The van der Waals surface area contributed by atoms with Crippen molar-refractivity contribution >= 4 is 34.4 Å². The van der Waals surface area contributed by atoms with Crippen LogP contribution in [0.1, 0.15) is 18.3 Å². The topological polar surface area (TPSA) is 38.1 Å². The Morgan fingerprint density at radius 3 is 2.80 bits per heavy atom. The molecule has 0 saturated carbocycles. The van der Waals surface area contributed by atoms with Crippen molar-refractivity contribution in [2.75, 3.05) is 11.2 Å². The molecular weight excluding hydrogens is 330 g/mol. The lowest BCUT2D eigenvalue weighted by Crippen LogP contribution is -2.38. The van der Waals surface area contributed by atoms with Crippen LogP contribution in [0.15, 0.2) is 48.5 Å². The van der Waals surface area contributed by atoms with Gasteiger partial charge in [0.15, 0.2) is 0 Å². The Kier molecular flexibility index (Phi) is 4.25. The molecule has 0 radical (unpaired) electrons. The van der Waals surface area contributed by atoms with Gasteiger partial charge >= 0.3 is 0 Å². The van der Waals surface area contributed by atoms with Gasteiger partial charge in [-0.2, -0.15) is 11.8 Å². The zero-order valence-corrected chi connectivity index (χ0v) is 15.3. The maximum atomic E-state index is 13.2. The van der Waals surface area contributed by atoms with E-state index in [-0.39, 0.29) is 11.9 Å². The molecular formula is C20H21N3OS. The molecule has 0 saturated heterocycles. The molecule has 1 amide bonds. The fourth-order valence-corrected chi connectivity index (χ4v) is 4.18. The summed E-state index contributed by atoms with van der Waals surface area (Å²) in [5, 5.41) is 0. The minimum atomic E-state index is 0.128. The molecule has 128 valence electrons. The lowest BCUT2D eigenvalue weighted by molar-refractivity contribution is -0.119. The number of fused-ring (bicyclic) bond motifs is 2. The molecule has 3 aromatic rings. The number of anilines is 1. The van der Waals surface area contributed by atoms with Crippen LogP contribution < -0.4 is 4.90 Å². The highest BCUT2D eigenvalue weighted by atomic mass is 32.2. The minimum Gasteiger partial charge on any atom is -0.318 e. The zero-order valence-electron chi connectivity index (χ0n) is 14.5. The van der Waals surface area contributed by atoms with E-state index in [4.69, 9.17) is 4.98 Å². The van der Waals surface area contributed by atoms with Crippen molar-refractivity contribution in [3.63, 3.8) is 0 Å². The molecule has 1 aliphatic rings. The number of benzene rings is 2. The summed E-state index contributed by atoms with van der Waals surface area (Å²) in [5.74, 6) is 1.89. The summed E-state index contributed by atoms with van der Waals surface area (Å²) >= 11 is 1.72. The van der Waals surface area contributed by atoms with E-state index in [2.05, 4.69) is 23.8 Å². The second-order valence-corrected chi connectivity index (χ2v) is 7.35. The number of rotatable bonds is 4. The third-order valence-electron chi connectivity index (χ3n) is 4.78. The second kappa shape index (κ2) is 6.56. The fourth-order valence-electron chi connectivity index (χ4n) is 3.70. The van der Waals surface area contributed by atoms with Gasteiger partial charge in [0.1, 0.15) is 12.4 Å². The summed E-state index contributed by atoms with van der Waals surface area (Å²) < 4.78 is 2.07. The molecule has 1 atom stereocenters. The van der Waals surface area contributed by atoms with Crippen molar-refractivity contribution in [2.45, 2.75) is 31.7 Å². The monoisotopic (exact) mass is 351 g/mol. The fraction of sp³-hybridized carbons (Fsp3) is 0.300. The second-order valence-electron chi connectivity index (χ2n) is 6.48. The Bertz CT molecular complexity index is 934. The Morgan fingerprint density at radius 2 is 1.96 bits per heavy atom. The molecule has 1 aliphatic heterocycles. The Hall–Kier alpha value is -2.27. The highest BCUT2D eigenvalue weighted by Crippen LogP contribution is 2.32. The molecule has 0 aliphatic carbocycles. The van der Waals surface area contributed by atoms with Crippen LogP contribution in [0.4, 0.5) is 5.69 Å². The van der Waals surface area contributed by atoms with Crippen LogP contribution in [-0.2, 0) is 23.5 Å². The predicted molar refractivity (Wildman–Crippen MR) is 104 cm³/mol. The third kappa shape index (κ3) is 2.82. The van der Waals surface area contributed by atoms with E-state index in [9.17, 15) is 4.79 Å². The summed E-state index contributed by atoms with van der Waals surface area (Å²) in [7, 11) is 0. The number of thioether (sulfide) groups is 1. The highest BCUT2D eigenvalue weighted by Gasteiger charge is 2.31. The molecule has 4 nitrogen and oxygen atoms in total. The zero-order chi connectivity index (χ0) is 17.4. The van der Waals surface area contributed by atoms with Crippen molar-refractivity contribution in [1.29, 1.82) is 0 Å². The van der Waals surface area contributed by atoms with Gasteiger partial charge in [-0.3, -0.25) is 4.79 Å². The first-order valence-corrected chi connectivity index (χ1v) is 9.91. The maximum absolute atomic E-state index is 13.2. The van der Waals surface area contributed by atoms with Crippen molar-refractivity contribution in [3.05, 3.63) is 59.9 Å². The number of amides is 1. The number of imidazole rings is 1. The number of para-hydroxylation sites is 3. The van der Waals surface area contributed by atoms with E-state index in [1.807, 2.05) is 47.4 Å². The smallest absolute Gasteiger partial charge is 0.247 e. The molecule has 5 heteroatoms. The van der Waals surface area contributed by atoms with E-state index in [0.717, 1.165) is 34.7 Å². The SMILES string of the molecule is CSCc1nc2ccccc2n1CC(=O)N1c2ccccc2CC1C. The summed E-state index contributed by atoms with van der Waals surface area (Å²) in [4.78, 5) is 19.8. The average Bonchev–Trinajstić information content (AvgIpc) is 3.12. The van der Waals surface area contributed by atoms with Gasteiger partial charge in [0.2, 0.25) is 5.91 Å². The normalized spacial score (nSPS) is 16.4. The quantitative estimate of drug-likeness (QED) is 0.716. The summed E-state index contributed by atoms with van der Waals surface area (Å²) in [5.41, 5.74) is 4.29. The molecule has 25 heavy (non-hydrogen) atoms. The highest BCUT2D eigenvalue weighted by molar-refractivity contribution is 7.97. The van der Waals surface area contributed by atoms with Crippen molar-refractivity contribution in [2.24, 2.45) is 0 Å². The van der Waals surface area contributed by atoms with E-state index >= 15 is 0 Å². The molecule has 1 unspecified atom stereocenters. The maximum Gasteiger partial charge on any atom is 0.247 e. The molecule has 1 aromatic heterocycles. The first kappa shape index (κ1) is 16.2. The lowest BCUT2D eigenvalue weighted by Gasteiger charge is -2.23. The third-order valence-corrected chi connectivity index (χ3v) is 5.32. The van der Waals surface area contributed by atoms with Gasteiger partial charge in [-0.25, -0.2) is 4.98 Å². The molecule has 0 spiro atoms. The van der Waals surface area contributed by atoms with Gasteiger partial charge in [0, 0.05) is 11.7 Å². The molecule has 2 heterocycles. The lowest BCUT2D eigenvalue weighted by atomic mass is 10.1. The summed E-state index contributed by atoms with van der Waals surface area (Å²) in [6.45, 7) is 2.45.